The largest absolute Gasteiger partial charge is 0.396 e. The number of aromatic nitrogens is 3. The Hall–Kier alpha value is -0.940. The molecule has 5 heteroatoms. The number of hydrogen-bond acceptors (Lipinski definition) is 4. The van der Waals surface area contributed by atoms with E-state index in [9.17, 15) is 0 Å². The van der Waals surface area contributed by atoms with Crippen LogP contribution in [-0.4, -0.2) is 44.5 Å². The SMILES string of the molecule is Cc1nnc(CN2CCC(CO)CC2)n1C. The summed E-state index contributed by atoms with van der Waals surface area (Å²) < 4.78 is 2.04. The van der Waals surface area contributed by atoms with Crippen LogP contribution in [0, 0.1) is 12.8 Å². The highest BCUT2D eigenvalue weighted by Gasteiger charge is 2.19. The van der Waals surface area contributed by atoms with Gasteiger partial charge in [-0.25, -0.2) is 0 Å². The lowest BCUT2D eigenvalue weighted by atomic mass is 9.98. The Morgan fingerprint density at radius 1 is 1.31 bits per heavy atom. The Kier molecular flexibility index (Phi) is 3.56. The average Bonchev–Trinajstić information content (AvgIpc) is 2.62. The van der Waals surface area contributed by atoms with Crippen molar-refractivity contribution in [1.29, 1.82) is 0 Å². The molecule has 0 amide bonds. The second-order valence-electron chi connectivity index (χ2n) is 4.62. The fraction of sp³-hybridized carbons (Fsp3) is 0.818. The molecule has 90 valence electrons. The van der Waals surface area contributed by atoms with Gasteiger partial charge in [0.1, 0.15) is 11.6 Å². The van der Waals surface area contributed by atoms with E-state index in [1.165, 1.54) is 0 Å². The van der Waals surface area contributed by atoms with Gasteiger partial charge in [0, 0.05) is 13.7 Å². The van der Waals surface area contributed by atoms with Gasteiger partial charge in [-0.2, -0.15) is 0 Å². The van der Waals surface area contributed by atoms with Gasteiger partial charge < -0.3 is 9.67 Å². The smallest absolute Gasteiger partial charge is 0.146 e. The van der Waals surface area contributed by atoms with Crippen molar-refractivity contribution in [2.24, 2.45) is 13.0 Å². The zero-order chi connectivity index (χ0) is 11.5. The van der Waals surface area contributed by atoms with E-state index in [0.717, 1.165) is 44.1 Å². The lowest BCUT2D eigenvalue weighted by Gasteiger charge is -2.30. The highest BCUT2D eigenvalue weighted by atomic mass is 16.3. The van der Waals surface area contributed by atoms with Crippen LogP contribution in [-0.2, 0) is 13.6 Å². The van der Waals surface area contributed by atoms with Gasteiger partial charge in [0.15, 0.2) is 0 Å². The van der Waals surface area contributed by atoms with Crippen LogP contribution in [0.25, 0.3) is 0 Å². The first-order valence-corrected chi connectivity index (χ1v) is 5.88. The van der Waals surface area contributed by atoms with Crippen LogP contribution in [0.3, 0.4) is 0 Å². The van der Waals surface area contributed by atoms with E-state index in [2.05, 4.69) is 15.1 Å². The summed E-state index contributed by atoms with van der Waals surface area (Å²) in [6.07, 6.45) is 2.18. The van der Waals surface area contributed by atoms with Gasteiger partial charge in [-0.1, -0.05) is 0 Å². The lowest BCUT2D eigenvalue weighted by molar-refractivity contribution is 0.125. The van der Waals surface area contributed by atoms with Crippen molar-refractivity contribution in [3.05, 3.63) is 11.6 Å². The number of likely N-dealkylation sites (tertiary alicyclic amines) is 1. The van der Waals surface area contributed by atoms with Crippen LogP contribution in [0.4, 0.5) is 0 Å². The molecule has 1 saturated heterocycles. The van der Waals surface area contributed by atoms with Crippen molar-refractivity contribution in [2.45, 2.75) is 26.3 Å². The van der Waals surface area contributed by atoms with Crippen LogP contribution in [0.15, 0.2) is 0 Å². The molecular weight excluding hydrogens is 204 g/mol. The molecule has 2 rings (SSSR count). The maximum absolute atomic E-state index is 9.07. The summed E-state index contributed by atoms with van der Waals surface area (Å²) in [5, 5.41) is 17.3. The standard InChI is InChI=1S/C11H20N4O/c1-9-12-13-11(14(9)2)7-15-5-3-10(8-16)4-6-15/h10,16H,3-8H2,1-2H3. The molecule has 1 aromatic rings. The number of aryl methyl sites for hydroxylation is 1. The van der Waals surface area contributed by atoms with Gasteiger partial charge in [-0.3, -0.25) is 4.90 Å². The first-order chi connectivity index (χ1) is 7.70. The minimum Gasteiger partial charge on any atom is -0.396 e. The summed E-state index contributed by atoms with van der Waals surface area (Å²) in [4.78, 5) is 2.38. The van der Waals surface area contributed by atoms with E-state index in [1.54, 1.807) is 0 Å². The second kappa shape index (κ2) is 4.93. The van der Waals surface area contributed by atoms with E-state index in [0.29, 0.717) is 12.5 Å². The number of hydrogen-bond donors (Lipinski definition) is 1. The van der Waals surface area contributed by atoms with Gasteiger partial charge in [-0.15, -0.1) is 10.2 Å². The molecule has 1 aliphatic rings. The summed E-state index contributed by atoms with van der Waals surface area (Å²) in [6, 6.07) is 0. The first-order valence-electron chi connectivity index (χ1n) is 5.88. The van der Waals surface area contributed by atoms with Crippen LogP contribution < -0.4 is 0 Å². The van der Waals surface area contributed by atoms with Crippen molar-refractivity contribution < 1.29 is 5.11 Å². The zero-order valence-corrected chi connectivity index (χ0v) is 10.1. The summed E-state index contributed by atoms with van der Waals surface area (Å²) in [6.45, 7) is 5.27. The molecule has 1 N–H and O–H groups in total. The zero-order valence-electron chi connectivity index (χ0n) is 10.1. The summed E-state index contributed by atoms with van der Waals surface area (Å²) >= 11 is 0. The number of nitrogens with zero attached hydrogens (tertiary/aromatic N) is 4. The third-order valence-electron chi connectivity index (χ3n) is 3.51. The van der Waals surface area contributed by atoms with Crippen LogP contribution in [0.5, 0.6) is 0 Å². The van der Waals surface area contributed by atoms with Gasteiger partial charge in [0.05, 0.1) is 6.54 Å². The third-order valence-corrected chi connectivity index (χ3v) is 3.51. The number of aliphatic hydroxyl groups is 1. The minimum atomic E-state index is 0.330. The summed E-state index contributed by atoms with van der Waals surface area (Å²) in [5.74, 6) is 2.48. The molecule has 0 radical (unpaired) electrons. The topological polar surface area (TPSA) is 54.2 Å². The molecule has 0 atom stereocenters. The predicted molar refractivity (Wildman–Crippen MR) is 60.8 cm³/mol. The highest BCUT2D eigenvalue weighted by molar-refractivity contribution is 4.92. The molecule has 0 aromatic carbocycles. The minimum absolute atomic E-state index is 0.330. The Balaban J connectivity index is 1.89. The van der Waals surface area contributed by atoms with Crippen LogP contribution >= 0.6 is 0 Å². The van der Waals surface area contributed by atoms with Gasteiger partial charge >= 0.3 is 0 Å². The molecule has 2 heterocycles. The molecule has 0 unspecified atom stereocenters. The van der Waals surface area contributed by atoms with E-state index < -0.39 is 0 Å². The van der Waals surface area contributed by atoms with Crippen molar-refractivity contribution in [3.63, 3.8) is 0 Å². The average molecular weight is 224 g/mol. The first kappa shape index (κ1) is 11.5. The van der Waals surface area contributed by atoms with Crippen molar-refractivity contribution >= 4 is 0 Å². The predicted octanol–water partition coefficient (Wildman–Crippen LogP) is 0.328. The molecule has 1 aliphatic heterocycles. The van der Waals surface area contributed by atoms with E-state index in [1.807, 2.05) is 18.5 Å². The Bertz CT molecular complexity index is 342. The molecule has 0 aliphatic carbocycles. The quantitative estimate of drug-likeness (QED) is 0.804. The Labute approximate surface area is 96.1 Å². The van der Waals surface area contributed by atoms with E-state index in [4.69, 9.17) is 5.11 Å². The molecular formula is C11H20N4O. The molecule has 0 spiro atoms. The highest BCUT2D eigenvalue weighted by Crippen LogP contribution is 2.17. The molecule has 1 aromatic heterocycles. The summed E-state index contributed by atoms with van der Waals surface area (Å²) in [5.41, 5.74) is 0. The molecule has 16 heavy (non-hydrogen) atoms. The van der Waals surface area contributed by atoms with E-state index >= 15 is 0 Å². The van der Waals surface area contributed by atoms with Crippen molar-refractivity contribution in [1.82, 2.24) is 19.7 Å². The summed E-state index contributed by atoms with van der Waals surface area (Å²) in [7, 11) is 2.01. The van der Waals surface area contributed by atoms with Crippen molar-refractivity contribution in [2.75, 3.05) is 19.7 Å². The van der Waals surface area contributed by atoms with Crippen molar-refractivity contribution in [3.8, 4) is 0 Å². The van der Waals surface area contributed by atoms with Crippen LogP contribution in [0.1, 0.15) is 24.5 Å². The molecule has 0 saturated carbocycles. The maximum atomic E-state index is 9.07. The number of rotatable bonds is 3. The van der Waals surface area contributed by atoms with Crippen LogP contribution in [0.2, 0.25) is 0 Å². The Morgan fingerprint density at radius 3 is 2.50 bits per heavy atom. The van der Waals surface area contributed by atoms with Gasteiger partial charge in [0.2, 0.25) is 0 Å². The molecule has 1 fully saturated rings. The van der Waals surface area contributed by atoms with Gasteiger partial charge in [-0.05, 0) is 38.8 Å². The fourth-order valence-corrected chi connectivity index (χ4v) is 2.12. The lowest BCUT2D eigenvalue weighted by Crippen LogP contribution is -2.35. The Morgan fingerprint density at radius 2 is 2.00 bits per heavy atom. The van der Waals surface area contributed by atoms with E-state index in [-0.39, 0.29) is 0 Å². The third kappa shape index (κ3) is 2.41. The van der Waals surface area contributed by atoms with Gasteiger partial charge in [0.25, 0.3) is 0 Å². The number of piperidine rings is 1. The molecule has 0 bridgehead atoms. The fourth-order valence-electron chi connectivity index (χ4n) is 2.12. The monoisotopic (exact) mass is 224 g/mol. The number of aliphatic hydroxyl groups excluding tert-OH is 1. The molecule has 5 nitrogen and oxygen atoms in total. The second-order valence-corrected chi connectivity index (χ2v) is 4.62. The maximum Gasteiger partial charge on any atom is 0.146 e. The normalized spacial score (nSPS) is 19.2.